The fraction of sp³-hybridized carbons (Fsp3) is 0.765. The van der Waals surface area contributed by atoms with E-state index in [-0.39, 0.29) is 11.8 Å². The lowest BCUT2D eigenvalue weighted by atomic mass is 9.96. The van der Waals surface area contributed by atoms with Crippen LogP contribution < -0.4 is 5.32 Å². The van der Waals surface area contributed by atoms with Crippen LogP contribution in [0.5, 0.6) is 0 Å². The van der Waals surface area contributed by atoms with Crippen LogP contribution in [0, 0.1) is 19.8 Å². The number of amides is 1. The summed E-state index contributed by atoms with van der Waals surface area (Å²) in [6.45, 7) is 11.4. The molecule has 1 aliphatic rings. The lowest BCUT2D eigenvalue weighted by Gasteiger charge is -2.34. The van der Waals surface area contributed by atoms with Gasteiger partial charge < -0.3 is 10.2 Å². The van der Waals surface area contributed by atoms with Crippen molar-refractivity contribution in [2.45, 2.75) is 59.4 Å². The standard InChI is InChI=1S/C17H29N3OS/c1-12(2)20-10-6-7-15(11-20)17(21)18-9-5-8-16-19-13(3)14(4)22-16/h12,15H,5-11H2,1-4H3,(H,18,21)/t15-/m0/s1. The van der Waals surface area contributed by atoms with Gasteiger partial charge in [-0.1, -0.05) is 0 Å². The molecule has 124 valence electrons. The zero-order valence-corrected chi connectivity index (χ0v) is 15.1. The fourth-order valence-electron chi connectivity index (χ4n) is 2.93. The van der Waals surface area contributed by atoms with Gasteiger partial charge in [-0.3, -0.25) is 4.79 Å². The number of likely N-dealkylation sites (tertiary alicyclic amines) is 1. The van der Waals surface area contributed by atoms with Gasteiger partial charge in [0, 0.05) is 30.4 Å². The zero-order chi connectivity index (χ0) is 16.1. The van der Waals surface area contributed by atoms with E-state index in [0.717, 1.165) is 51.0 Å². The van der Waals surface area contributed by atoms with Crippen LogP contribution in [0.1, 0.15) is 48.7 Å². The molecule has 0 aromatic carbocycles. The molecular weight excluding hydrogens is 294 g/mol. The molecule has 1 aromatic heterocycles. The molecule has 1 amide bonds. The first-order valence-electron chi connectivity index (χ1n) is 8.42. The maximum absolute atomic E-state index is 12.3. The summed E-state index contributed by atoms with van der Waals surface area (Å²) in [5.74, 6) is 0.400. The van der Waals surface area contributed by atoms with Gasteiger partial charge in [-0.25, -0.2) is 4.98 Å². The van der Waals surface area contributed by atoms with Crippen LogP contribution >= 0.6 is 11.3 Å². The smallest absolute Gasteiger partial charge is 0.224 e. The molecule has 1 N–H and O–H groups in total. The molecule has 0 bridgehead atoms. The van der Waals surface area contributed by atoms with Crippen LogP contribution in [0.25, 0.3) is 0 Å². The Morgan fingerprint density at radius 1 is 1.45 bits per heavy atom. The number of nitrogens with zero attached hydrogens (tertiary/aromatic N) is 2. The minimum absolute atomic E-state index is 0.167. The summed E-state index contributed by atoms with van der Waals surface area (Å²) in [6, 6.07) is 0.534. The van der Waals surface area contributed by atoms with Gasteiger partial charge in [-0.05, 0) is 53.5 Å². The van der Waals surface area contributed by atoms with E-state index in [1.54, 1.807) is 11.3 Å². The number of rotatable bonds is 6. The Hall–Kier alpha value is -0.940. The lowest BCUT2D eigenvalue weighted by Crippen LogP contribution is -2.45. The van der Waals surface area contributed by atoms with Gasteiger partial charge in [-0.2, -0.15) is 0 Å². The van der Waals surface area contributed by atoms with Gasteiger partial charge >= 0.3 is 0 Å². The molecule has 1 atom stereocenters. The quantitative estimate of drug-likeness (QED) is 0.819. The molecule has 22 heavy (non-hydrogen) atoms. The van der Waals surface area contributed by atoms with Gasteiger partial charge in [0.25, 0.3) is 0 Å². The second-order valence-corrected chi connectivity index (χ2v) is 7.86. The molecule has 1 aliphatic heterocycles. The third-order valence-corrected chi connectivity index (χ3v) is 5.63. The van der Waals surface area contributed by atoms with Crippen LogP contribution in [0.4, 0.5) is 0 Å². The number of aryl methyl sites for hydroxylation is 3. The highest BCUT2D eigenvalue weighted by Crippen LogP contribution is 2.19. The number of piperidine rings is 1. The Bertz CT molecular complexity index is 479. The van der Waals surface area contributed by atoms with E-state index < -0.39 is 0 Å². The first-order valence-corrected chi connectivity index (χ1v) is 9.23. The maximum Gasteiger partial charge on any atom is 0.224 e. The topological polar surface area (TPSA) is 45.2 Å². The van der Waals surface area contributed by atoms with Gasteiger partial charge in [-0.15, -0.1) is 11.3 Å². The summed E-state index contributed by atoms with van der Waals surface area (Å²) in [5.41, 5.74) is 1.14. The number of nitrogens with one attached hydrogen (secondary N) is 1. The average molecular weight is 324 g/mol. The number of carbonyl (C=O) groups excluding carboxylic acids is 1. The first-order chi connectivity index (χ1) is 10.5. The normalized spacial score (nSPS) is 19.6. The maximum atomic E-state index is 12.3. The highest BCUT2D eigenvalue weighted by atomic mass is 32.1. The number of hydrogen-bond acceptors (Lipinski definition) is 4. The van der Waals surface area contributed by atoms with E-state index in [4.69, 9.17) is 0 Å². The highest BCUT2D eigenvalue weighted by Gasteiger charge is 2.26. The molecule has 2 heterocycles. The summed E-state index contributed by atoms with van der Waals surface area (Å²) in [5, 5.41) is 4.30. The predicted octanol–water partition coefficient (Wildman–Crippen LogP) is 2.93. The van der Waals surface area contributed by atoms with E-state index in [2.05, 4.69) is 42.9 Å². The Morgan fingerprint density at radius 3 is 2.86 bits per heavy atom. The van der Waals surface area contributed by atoms with E-state index in [0.29, 0.717) is 6.04 Å². The van der Waals surface area contributed by atoms with Crippen molar-refractivity contribution in [1.82, 2.24) is 15.2 Å². The Balaban J connectivity index is 1.69. The lowest BCUT2D eigenvalue weighted by molar-refractivity contribution is -0.126. The van der Waals surface area contributed by atoms with Crippen molar-refractivity contribution in [2.75, 3.05) is 19.6 Å². The van der Waals surface area contributed by atoms with E-state index in [9.17, 15) is 4.79 Å². The third-order valence-electron chi connectivity index (χ3n) is 4.49. The number of hydrogen-bond donors (Lipinski definition) is 1. The van der Waals surface area contributed by atoms with Crippen LogP contribution in [0.3, 0.4) is 0 Å². The molecule has 4 nitrogen and oxygen atoms in total. The molecule has 0 saturated carbocycles. The van der Waals surface area contributed by atoms with Gasteiger partial charge in [0.05, 0.1) is 16.6 Å². The molecule has 0 unspecified atom stereocenters. The van der Waals surface area contributed by atoms with Gasteiger partial charge in [0.15, 0.2) is 0 Å². The van der Waals surface area contributed by atoms with E-state index in [1.165, 1.54) is 9.88 Å². The molecule has 1 aromatic rings. The SMILES string of the molecule is Cc1nc(CCCNC(=O)[C@H]2CCCN(C(C)C)C2)sc1C. The van der Waals surface area contributed by atoms with Gasteiger partial charge in [0.1, 0.15) is 0 Å². The van der Waals surface area contributed by atoms with Crippen molar-refractivity contribution >= 4 is 17.2 Å². The molecule has 1 saturated heterocycles. The van der Waals surface area contributed by atoms with Crippen molar-refractivity contribution < 1.29 is 4.79 Å². The number of thiazole rings is 1. The fourth-order valence-corrected chi connectivity index (χ4v) is 3.91. The average Bonchev–Trinajstić information content (AvgIpc) is 2.82. The van der Waals surface area contributed by atoms with Crippen LogP contribution in [0.15, 0.2) is 0 Å². The predicted molar refractivity (Wildman–Crippen MR) is 92.4 cm³/mol. The second kappa shape index (κ2) is 8.06. The molecule has 5 heteroatoms. The van der Waals surface area contributed by atoms with Crippen molar-refractivity contribution in [3.63, 3.8) is 0 Å². The Labute approximate surface area is 138 Å². The second-order valence-electron chi connectivity index (χ2n) is 6.57. The monoisotopic (exact) mass is 323 g/mol. The minimum Gasteiger partial charge on any atom is -0.356 e. The summed E-state index contributed by atoms with van der Waals surface area (Å²) in [6.07, 6.45) is 4.09. The van der Waals surface area contributed by atoms with Crippen LogP contribution in [-0.4, -0.2) is 41.5 Å². The Morgan fingerprint density at radius 2 is 2.23 bits per heavy atom. The Kier molecular flexibility index (Phi) is 6.38. The molecule has 1 fully saturated rings. The van der Waals surface area contributed by atoms with Crippen LogP contribution in [0.2, 0.25) is 0 Å². The zero-order valence-electron chi connectivity index (χ0n) is 14.3. The molecule has 0 spiro atoms. The number of carbonyl (C=O) groups is 1. The molecular formula is C17H29N3OS. The largest absolute Gasteiger partial charge is 0.356 e. The van der Waals surface area contributed by atoms with Crippen molar-refractivity contribution in [1.29, 1.82) is 0 Å². The summed E-state index contributed by atoms with van der Waals surface area (Å²) >= 11 is 1.77. The minimum atomic E-state index is 0.167. The van der Waals surface area contributed by atoms with E-state index in [1.807, 2.05) is 0 Å². The number of aromatic nitrogens is 1. The summed E-state index contributed by atoms with van der Waals surface area (Å²) < 4.78 is 0. The van der Waals surface area contributed by atoms with E-state index >= 15 is 0 Å². The molecule has 2 rings (SSSR count). The molecule has 0 aliphatic carbocycles. The van der Waals surface area contributed by atoms with Gasteiger partial charge in [0.2, 0.25) is 5.91 Å². The van der Waals surface area contributed by atoms with Crippen LogP contribution in [-0.2, 0) is 11.2 Å². The van der Waals surface area contributed by atoms with Crippen molar-refractivity contribution in [2.24, 2.45) is 5.92 Å². The van der Waals surface area contributed by atoms with Crippen molar-refractivity contribution in [3.8, 4) is 0 Å². The summed E-state index contributed by atoms with van der Waals surface area (Å²) in [7, 11) is 0. The molecule has 0 radical (unpaired) electrons. The summed E-state index contributed by atoms with van der Waals surface area (Å²) in [4.78, 5) is 20.5. The van der Waals surface area contributed by atoms with Crippen molar-refractivity contribution in [3.05, 3.63) is 15.6 Å². The third kappa shape index (κ3) is 4.78. The highest BCUT2D eigenvalue weighted by molar-refractivity contribution is 7.11. The first kappa shape index (κ1) is 17.4.